The van der Waals surface area contributed by atoms with Crippen molar-refractivity contribution in [3.63, 3.8) is 0 Å². The van der Waals surface area contributed by atoms with Crippen LogP contribution >= 0.6 is 0 Å². The van der Waals surface area contributed by atoms with E-state index in [1.54, 1.807) is 19.1 Å². The van der Waals surface area contributed by atoms with Crippen LogP contribution in [0.4, 0.5) is 5.69 Å². The number of aryl methyl sites for hydroxylation is 1. The quantitative estimate of drug-likeness (QED) is 0.812. The molecule has 5 heteroatoms. The van der Waals surface area contributed by atoms with Gasteiger partial charge in [-0.1, -0.05) is 11.8 Å². The number of rotatable bonds is 4. The van der Waals surface area contributed by atoms with E-state index in [0.717, 1.165) is 11.1 Å². The first-order valence-electron chi connectivity index (χ1n) is 5.69. The Morgan fingerprint density at radius 2 is 2.06 bits per heavy atom. The molecule has 0 amide bonds. The fourth-order valence-electron chi connectivity index (χ4n) is 1.39. The van der Waals surface area contributed by atoms with E-state index in [1.807, 2.05) is 13.0 Å². The van der Waals surface area contributed by atoms with E-state index >= 15 is 0 Å². The molecular formula is C13H17NO3S. The maximum absolute atomic E-state index is 11.5. The summed E-state index contributed by atoms with van der Waals surface area (Å²) in [4.78, 5) is 0. The van der Waals surface area contributed by atoms with Crippen molar-refractivity contribution in [3.05, 3.63) is 29.3 Å². The molecule has 0 aliphatic carbocycles. The molecule has 0 heterocycles. The van der Waals surface area contributed by atoms with Crippen molar-refractivity contribution in [2.24, 2.45) is 0 Å². The highest BCUT2D eigenvalue weighted by molar-refractivity contribution is 7.92. The monoisotopic (exact) mass is 267 g/mol. The van der Waals surface area contributed by atoms with E-state index in [9.17, 15) is 8.42 Å². The van der Waals surface area contributed by atoms with Crippen molar-refractivity contribution < 1.29 is 13.5 Å². The van der Waals surface area contributed by atoms with Gasteiger partial charge in [0.15, 0.2) is 0 Å². The maximum Gasteiger partial charge on any atom is 0.232 e. The molecule has 1 aromatic carbocycles. The molecular weight excluding hydrogens is 250 g/mol. The molecule has 18 heavy (non-hydrogen) atoms. The van der Waals surface area contributed by atoms with Gasteiger partial charge >= 0.3 is 0 Å². The van der Waals surface area contributed by atoms with Crippen LogP contribution in [0.25, 0.3) is 0 Å². The van der Waals surface area contributed by atoms with E-state index in [-0.39, 0.29) is 12.4 Å². The molecule has 0 saturated heterocycles. The predicted molar refractivity (Wildman–Crippen MR) is 72.8 cm³/mol. The van der Waals surface area contributed by atoms with Crippen molar-refractivity contribution in [3.8, 4) is 11.8 Å². The van der Waals surface area contributed by atoms with Crippen molar-refractivity contribution >= 4 is 15.7 Å². The van der Waals surface area contributed by atoms with Gasteiger partial charge in [0.1, 0.15) is 0 Å². The molecule has 0 saturated carbocycles. The summed E-state index contributed by atoms with van der Waals surface area (Å²) in [6.45, 7) is 3.48. The fraction of sp³-hybridized carbons (Fsp3) is 0.385. The molecule has 1 aromatic rings. The van der Waals surface area contributed by atoms with Gasteiger partial charge in [0.2, 0.25) is 10.0 Å². The normalized spacial score (nSPS) is 10.6. The first-order valence-corrected chi connectivity index (χ1v) is 7.34. The highest BCUT2D eigenvalue weighted by Crippen LogP contribution is 2.15. The van der Waals surface area contributed by atoms with Gasteiger partial charge in [-0.3, -0.25) is 4.72 Å². The summed E-state index contributed by atoms with van der Waals surface area (Å²) in [6.07, 6.45) is 0.407. The second kappa shape index (κ2) is 6.43. The van der Waals surface area contributed by atoms with Gasteiger partial charge in [0.05, 0.1) is 12.4 Å². The fourth-order valence-corrected chi connectivity index (χ4v) is 2.01. The van der Waals surface area contributed by atoms with Gasteiger partial charge in [-0.15, -0.1) is 0 Å². The number of sulfonamides is 1. The number of nitrogens with one attached hydrogen (secondary N) is 1. The molecule has 0 aliphatic rings. The number of aliphatic hydroxyl groups excluding tert-OH is 1. The Bertz CT molecular complexity index is 568. The van der Waals surface area contributed by atoms with E-state index in [1.165, 1.54) is 0 Å². The van der Waals surface area contributed by atoms with Crippen LogP contribution in [0.15, 0.2) is 18.2 Å². The van der Waals surface area contributed by atoms with Crippen LogP contribution in [0.2, 0.25) is 0 Å². The van der Waals surface area contributed by atoms with Gasteiger partial charge in [0.25, 0.3) is 0 Å². The largest absolute Gasteiger partial charge is 0.395 e. The topological polar surface area (TPSA) is 66.4 Å². The summed E-state index contributed by atoms with van der Waals surface area (Å²) in [7, 11) is -3.27. The summed E-state index contributed by atoms with van der Waals surface area (Å²) in [5.74, 6) is 5.73. The summed E-state index contributed by atoms with van der Waals surface area (Å²) in [5.41, 5.74) is 2.18. The number of benzene rings is 1. The molecule has 0 unspecified atom stereocenters. The minimum Gasteiger partial charge on any atom is -0.395 e. The van der Waals surface area contributed by atoms with Crippen molar-refractivity contribution in [2.45, 2.75) is 20.3 Å². The summed E-state index contributed by atoms with van der Waals surface area (Å²) in [5, 5.41) is 8.64. The van der Waals surface area contributed by atoms with Crippen LogP contribution in [0, 0.1) is 18.8 Å². The van der Waals surface area contributed by atoms with Crippen molar-refractivity contribution in [1.82, 2.24) is 0 Å². The van der Waals surface area contributed by atoms with Gasteiger partial charge in [-0.2, -0.15) is 0 Å². The smallest absolute Gasteiger partial charge is 0.232 e. The second-order valence-corrected chi connectivity index (χ2v) is 5.88. The highest BCUT2D eigenvalue weighted by Gasteiger charge is 2.07. The van der Waals surface area contributed by atoms with Crippen LogP contribution < -0.4 is 4.72 Å². The molecule has 4 nitrogen and oxygen atoms in total. The molecule has 0 aliphatic heterocycles. The standard InChI is InChI=1S/C13H17NO3S/c1-3-18(16,17)14-13-9-11(2)8-12(10-13)6-4-5-7-15/h8-10,14-15H,3,5,7H2,1-2H3. The Morgan fingerprint density at radius 3 is 2.67 bits per heavy atom. The Labute approximate surface area is 108 Å². The van der Waals surface area contributed by atoms with Crippen LogP contribution in [0.5, 0.6) is 0 Å². The summed E-state index contributed by atoms with van der Waals surface area (Å²) < 4.78 is 25.4. The van der Waals surface area contributed by atoms with Crippen LogP contribution in [0.3, 0.4) is 0 Å². The summed E-state index contributed by atoms with van der Waals surface area (Å²) >= 11 is 0. The molecule has 0 fully saturated rings. The van der Waals surface area contributed by atoms with Crippen molar-refractivity contribution in [2.75, 3.05) is 17.1 Å². The first-order chi connectivity index (χ1) is 8.46. The summed E-state index contributed by atoms with van der Waals surface area (Å²) in [6, 6.07) is 5.31. The minimum absolute atomic E-state index is 0.0220. The zero-order valence-corrected chi connectivity index (χ0v) is 11.3. The van der Waals surface area contributed by atoms with Crippen LogP contribution in [-0.2, 0) is 10.0 Å². The lowest BCUT2D eigenvalue weighted by molar-refractivity contribution is 0.305. The van der Waals surface area contributed by atoms with Crippen molar-refractivity contribution in [1.29, 1.82) is 0 Å². The van der Waals surface area contributed by atoms with E-state index in [4.69, 9.17) is 5.11 Å². The van der Waals surface area contributed by atoms with Gasteiger partial charge < -0.3 is 5.11 Å². The Kier molecular flexibility index (Phi) is 5.20. The molecule has 0 aromatic heterocycles. The van der Waals surface area contributed by atoms with Gasteiger partial charge in [-0.05, 0) is 37.6 Å². The molecule has 0 radical (unpaired) electrons. The second-order valence-electron chi connectivity index (χ2n) is 3.87. The number of anilines is 1. The molecule has 1 rings (SSSR count). The third kappa shape index (κ3) is 4.78. The Morgan fingerprint density at radius 1 is 1.33 bits per heavy atom. The maximum atomic E-state index is 11.5. The number of hydrogen-bond donors (Lipinski definition) is 2. The highest BCUT2D eigenvalue weighted by atomic mass is 32.2. The lowest BCUT2D eigenvalue weighted by Crippen LogP contribution is -2.14. The minimum atomic E-state index is -3.27. The van der Waals surface area contributed by atoms with Gasteiger partial charge in [-0.25, -0.2) is 8.42 Å². The molecule has 0 atom stereocenters. The average Bonchev–Trinajstić information content (AvgIpc) is 2.28. The van der Waals surface area contributed by atoms with E-state index < -0.39 is 10.0 Å². The first kappa shape index (κ1) is 14.6. The Balaban J connectivity index is 2.99. The third-order valence-corrected chi connectivity index (χ3v) is 3.51. The lowest BCUT2D eigenvalue weighted by atomic mass is 10.1. The zero-order valence-electron chi connectivity index (χ0n) is 10.5. The molecule has 98 valence electrons. The van der Waals surface area contributed by atoms with Crippen LogP contribution in [0.1, 0.15) is 24.5 Å². The van der Waals surface area contributed by atoms with Gasteiger partial charge in [0, 0.05) is 17.7 Å². The number of aliphatic hydroxyl groups is 1. The predicted octanol–water partition coefficient (Wildman–Crippen LogP) is 1.49. The zero-order chi connectivity index (χ0) is 13.6. The molecule has 2 N–H and O–H groups in total. The Hall–Kier alpha value is -1.51. The number of hydrogen-bond acceptors (Lipinski definition) is 3. The van der Waals surface area contributed by atoms with E-state index in [0.29, 0.717) is 12.1 Å². The van der Waals surface area contributed by atoms with E-state index in [2.05, 4.69) is 16.6 Å². The average molecular weight is 267 g/mol. The molecule has 0 bridgehead atoms. The SMILES string of the molecule is CCS(=O)(=O)Nc1cc(C)cc(C#CCCO)c1. The molecule has 0 spiro atoms. The van der Waals surface area contributed by atoms with Crippen LogP contribution in [-0.4, -0.2) is 25.9 Å². The lowest BCUT2D eigenvalue weighted by Gasteiger charge is -2.07. The third-order valence-electron chi connectivity index (χ3n) is 2.20.